The maximum absolute atomic E-state index is 13.0. The van der Waals surface area contributed by atoms with Crippen LogP contribution in [0.25, 0.3) is 5.69 Å². The van der Waals surface area contributed by atoms with E-state index in [4.69, 9.17) is 5.73 Å². The molecule has 1 amide bonds. The fourth-order valence-corrected chi connectivity index (χ4v) is 3.69. The molecular formula is C21H22N4O. The van der Waals surface area contributed by atoms with E-state index < -0.39 is 5.54 Å². The third-order valence-electron chi connectivity index (χ3n) is 4.98. The summed E-state index contributed by atoms with van der Waals surface area (Å²) in [6, 6.07) is 18.0. The van der Waals surface area contributed by atoms with Gasteiger partial charge in [-0.15, -0.1) is 0 Å². The first-order valence-corrected chi connectivity index (χ1v) is 8.75. The zero-order valence-corrected chi connectivity index (χ0v) is 14.8. The summed E-state index contributed by atoms with van der Waals surface area (Å²) in [5.41, 5.74) is 9.96. The predicted molar refractivity (Wildman–Crippen MR) is 101 cm³/mol. The molecule has 1 aliphatic rings. The minimum atomic E-state index is -0.853. The molecular weight excluding hydrogens is 324 g/mol. The number of hydrogen-bond donors (Lipinski definition) is 1. The molecule has 2 aromatic carbocycles. The van der Waals surface area contributed by atoms with E-state index in [1.807, 2.05) is 53.3 Å². The number of carbonyl (C=O) groups excluding carboxylic acids is 1. The van der Waals surface area contributed by atoms with Gasteiger partial charge in [-0.3, -0.25) is 4.79 Å². The standard InChI is InChI=1S/C21H22N4O/c1-24(14-16-13-23-25(15-16)19-9-3-2-4-10-19)20(26)21(22)11-17-7-5-6-8-18(17)12-21/h2-10,13,15H,11-12,14,22H2,1H3. The van der Waals surface area contributed by atoms with E-state index in [0.717, 1.165) is 11.3 Å². The molecule has 5 heteroatoms. The van der Waals surface area contributed by atoms with Gasteiger partial charge in [0.2, 0.25) is 5.91 Å². The summed E-state index contributed by atoms with van der Waals surface area (Å²) in [6.45, 7) is 0.487. The van der Waals surface area contributed by atoms with Gasteiger partial charge in [0.1, 0.15) is 5.54 Å². The number of amides is 1. The number of benzene rings is 2. The first-order chi connectivity index (χ1) is 12.5. The summed E-state index contributed by atoms with van der Waals surface area (Å²) in [7, 11) is 1.81. The zero-order chi connectivity index (χ0) is 18.1. The number of likely N-dealkylation sites (N-methyl/N-ethyl adjacent to an activating group) is 1. The van der Waals surface area contributed by atoms with Gasteiger partial charge in [-0.25, -0.2) is 4.68 Å². The van der Waals surface area contributed by atoms with Crippen molar-refractivity contribution in [3.63, 3.8) is 0 Å². The van der Waals surface area contributed by atoms with Crippen molar-refractivity contribution >= 4 is 5.91 Å². The van der Waals surface area contributed by atoms with E-state index in [1.54, 1.807) is 18.1 Å². The van der Waals surface area contributed by atoms with Crippen LogP contribution < -0.4 is 5.73 Å². The second kappa shape index (κ2) is 6.42. The number of aromatic nitrogens is 2. The van der Waals surface area contributed by atoms with Gasteiger partial charge in [0, 0.05) is 25.4 Å². The topological polar surface area (TPSA) is 64.2 Å². The van der Waals surface area contributed by atoms with Crippen LogP contribution in [0.2, 0.25) is 0 Å². The third kappa shape index (κ3) is 3.02. The second-order valence-corrected chi connectivity index (χ2v) is 7.07. The Morgan fingerprint density at radius 1 is 1.12 bits per heavy atom. The van der Waals surface area contributed by atoms with Crippen LogP contribution in [0.1, 0.15) is 16.7 Å². The minimum absolute atomic E-state index is 0.0267. The molecule has 0 radical (unpaired) electrons. The Bertz CT molecular complexity index is 907. The van der Waals surface area contributed by atoms with Gasteiger partial charge < -0.3 is 10.6 Å². The van der Waals surface area contributed by atoms with Crippen molar-refractivity contribution in [1.82, 2.24) is 14.7 Å². The molecule has 1 aromatic heterocycles. The molecule has 132 valence electrons. The fourth-order valence-electron chi connectivity index (χ4n) is 3.69. The fraction of sp³-hybridized carbons (Fsp3) is 0.238. The van der Waals surface area contributed by atoms with Gasteiger partial charge in [0.15, 0.2) is 0 Å². The number of fused-ring (bicyclic) bond motifs is 1. The van der Waals surface area contributed by atoms with Gasteiger partial charge in [-0.1, -0.05) is 42.5 Å². The van der Waals surface area contributed by atoms with Gasteiger partial charge in [-0.2, -0.15) is 5.10 Å². The number of carbonyl (C=O) groups is 1. The van der Waals surface area contributed by atoms with Crippen molar-refractivity contribution in [3.05, 3.63) is 83.7 Å². The van der Waals surface area contributed by atoms with Gasteiger partial charge >= 0.3 is 0 Å². The molecule has 0 fully saturated rings. The zero-order valence-electron chi connectivity index (χ0n) is 14.8. The van der Waals surface area contributed by atoms with Crippen molar-refractivity contribution in [2.45, 2.75) is 24.9 Å². The van der Waals surface area contributed by atoms with Crippen molar-refractivity contribution < 1.29 is 4.79 Å². The lowest BCUT2D eigenvalue weighted by molar-refractivity contribution is -0.135. The number of hydrogen-bond acceptors (Lipinski definition) is 3. The molecule has 0 saturated carbocycles. The molecule has 0 unspecified atom stereocenters. The molecule has 0 atom stereocenters. The monoisotopic (exact) mass is 346 g/mol. The van der Waals surface area contributed by atoms with Crippen LogP contribution in [0.3, 0.4) is 0 Å². The second-order valence-electron chi connectivity index (χ2n) is 7.07. The predicted octanol–water partition coefficient (Wildman–Crippen LogP) is 2.33. The highest BCUT2D eigenvalue weighted by atomic mass is 16.2. The van der Waals surface area contributed by atoms with Crippen molar-refractivity contribution in [3.8, 4) is 5.69 Å². The lowest BCUT2D eigenvalue weighted by Crippen LogP contribution is -2.55. The molecule has 3 aromatic rings. The Balaban J connectivity index is 1.46. The lowest BCUT2D eigenvalue weighted by Gasteiger charge is -2.28. The molecule has 0 saturated heterocycles. The van der Waals surface area contributed by atoms with Gasteiger partial charge in [-0.05, 0) is 36.1 Å². The highest BCUT2D eigenvalue weighted by molar-refractivity contribution is 5.87. The molecule has 1 heterocycles. The Morgan fingerprint density at radius 2 is 1.73 bits per heavy atom. The molecule has 0 bridgehead atoms. The van der Waals surface area contributed by atoms with E-state index in [-0.39, 0.29) is 5.91 Å². The Morgan fingerprint density at radius 3 is 2.38 bits per heavy atom. The molecule has 0 aliphatic heterocycles. The summed E-state index contributed by atoms with van der Waals surface area (Å²) in [6.07, 6.45) is 4.93. The maximum atomic E-state index is 13.0. The average molecular weight is 346 g/mol. The normalized spacial score (nSPS) is 14.8. The molecule has 26 heavy (non-hydrogen) atoms. The molecule has 1 aliphatic carbocycles. The van der Waals surface area contributed by atoms with Crippen molar-refractivity contribution in [2.75, 3.05) is 7.05 Å². The summed E-state index contributed by atoms with van der Waals surface area (Å²) in [4.78, 5) is 14.7. The lowest BCUT2D eigenvalue weighted by atomic mass is 9.95. The minimum Gasteiger partial charge on any atom is -0.340 e. The van der Waals surface area contributed by atoms with Crippen LogP contribution in [0.4, 0.5) is 0 Å². The highest BCUT2D eigenvalue weighted by Gasteiger charge is 2.41. The highest BCUT2D eigenvalue weighted by Crippen LogP contribution is 2.29. The largest absolute Gasteiger partial charge is 0.340 e. The van der Waals surface area contributed by atoms with Crippen LogP contribution in [-0.4, -0.2) is 33.2 Å². The summed E-state index contributed by atoms with van der Waals surface area (Å²) < 4.78 is 1.82. The van der Waals surface area contributed by atoms with Crippen LogP contribution in [0, 0.1) is 0 Å². The van der Waals surface area contributed by atoms with E-state index in [2.05, 4.69) is 17.2 Å². The van der Waals surface area contributed by atoms with E-state index in [1.165, 1.54) is 11.1 Å². The number of rotatable bonds is 4. The van der Waals surface area contributed by atoms with Crippen molar-refractivity contribution in [1.29, 1.82) is 0 Å². The van der Waals surface area contributed by atoms with E-state index in [0.29, 0.717) is 19.4 Å². The Labute approximate surface area is 153 Å². The van der Waals surface area contributed by atoms with E-state index in [9.17, 15) is 4.79 Å². The summed E-state index contributed by atoms with van der Waals surface area (Å²) in [5.74, 6) is -0.0267. The van der Waals surface area contributed by atoms with Crippen LogP contribution in [-0.2, 0) is 24.2 Å². The first-order valence-electron chi connectivity index (χ1n) is 8.75. The van der Waals surface area contributed by atoms with Crippen LogP contribution >= 0.6 is 0 Å². The summed E-state index contributed by atoms with van der Waals surface area (Å²) in [5, 5.41) is 4.39. The quantitative estimate of drug-likeness (QED) is 0.788. The van der Waals surface area contributed by atoms with Crippen LogP contribution in [0.15, 0.2) is 67.0 Å². The first kappa shape index (κ1) is 16.5. The molecule has 5 nitrogen and oxygen atoms in total. The van der Waals surface area contributed by atoms with Crippen molar-refractivity contribution in [2.24, 2.45) is 5.73 Å². The Kier molecular flexibility index (Phi) is 4.09. The number of nitrogens with zero attached hydrogens (tertiary/aromatic N) is 3. The average Bonchev–Trinajstić information content (AvgIpc) is 3.25. The Hall–Kier alpha value is -2.92. The summed E-state index contributed by atoms with van der Waals surface area (Å²) >= 11 is 0. The molecule has 2 N–H and O–H groups in total. The van der Waals surface area contributed by atoms with Gasteiger partial charge in [0.25, 0.3) is 0 Å². The molecule has 4 rings (SSSR count). The third-order valence-corrected chi connectivity index (χ3v) is 4.98. The maximum Gasteiger partial charge on any atom is 0.243 e. The SMILES string of the molecule is CN(Cc1cnn(-c2ccccc2)c1)C(=O)C1(N)Cc2ccccc2C1. The van der Waals surface area contributed by atoms with Crippen LogP contribution in [0.5, 0.6) is 0 Å². The molecule has 0 spiro atoms. The number of nitrogens with two attached hydrogens (primary N) is 1. The van der Waals surface area contributed by atoms with E-state index >= 15 is 0 Å². The smallest absolute Gasteiger partial charge is 0.243 e. The van der Waals surface area contributed by atoms with Gasteiger partial charge in [0.05, 0.1) is 11.9 Å². The number of para-hydroxylation sites is 1.